The highest BCUT2D eigenvalue weighted by molar-refractivity contribution is 8.34. The molecule has 0 atom stereocenters. The van der Waals surface area contributed by atoms with E-state index >= 15 is 0 Å². The first-order valence-corrected chi connectivity index (χ1v) is 10.5. The molecule has 2 aromatic rings. The summed E-state index contributed by atoms with van der Waals surface area (Å²) in [6, 6.07) is 3.51. The van der Waals surface area contributed by atoms with Gasteiger partial charge in [-0.3, -0.25) is 20.2 Å². The Bertz CT molecular complexity index is 1160. The summed E-state index contributed by atoms with van der Waals surface area (Å²) in [5.41, 5.74) is -15.1. The second-order valence-electron chi connectivity index (χ2n) is 5.84. The Kier molecular flexibility index (Phi) is 4.99. The van der Waals surface area contributed by atoms with E-state index < -0.39 is 73.6 Å². The van der Waals surface area contributed by atoms with Crippen LogP contribution in [0.1, 0.15) is 0 Å². The SMILES string of the molecule is O=[N+]([O-])c1ccc2c(c1)S(OS(=O)(=O)C(F)(F)F)(C(F)(F)F)c1cc([N+](=O)[O-])ccc1-2. The van der Waals surface area contributed by atoms with Crippen LogP contribution in [0.15, 0.2) is 46.2 Å². The van der Waals surface area contributed by atoms with Gasteiger partial charge in [0.15, 0.2) is 0 Å². The monoisotopic (exact) mass is 492 g/mol. The molecule has 0 unspecified atom stereocenters. The van der Waals surface area contributed by atoms with Gasteiger partial charge in [-0.1, -0.05) is 0 Å². The van der Waals surface area contributed by atoms with Crippen molar-refractivity contribution in [2.24, 2.45) is 0 Å². The predicted octanol–water partition coefficient (Wildman–Crippen LogP) is 5.01. The largest absolute Gasteiger partial charge is 0.523 e. The summed E-state index contributed by atoms with van der Waals surface area (Å²) < 4.78 is 109. The number of nitrogens with zero attached hydrogens (tertiary/aromatic N) is 2. The number of fused-ring (bicyclic) bond motifs is 3. The molecule has 2 aromatic carbocycles. The van der Waals surface area contributed by atoms with Gasteiger partial charge in [-0.25, -0.2) is 0 Å². The van der Waals surface area contributed by atoms with E-state index in [1.165, 1.54) is 0 Å². The first kappa shape index (κ1) is 22.8. The third-order valence-corrected chi connectivity index (χ3v) is 8.73. The van der Waals surface area contributed by atoms with Crippen LogP contribution in [0.25, 0.3) is 11.1 Å². The molecule has 0 bridgehead atoms. The number of benzene rings is 2. The van der Waals surface area contributed by atoms with E-state index in [1.54, 1.807) is 0 Å². The lowest BCUT2D eigenvalue weighted by Crippen LogP contribution is -2.31. The maximum Gasteiger partial charge on any atom is 0.523 e. The fourth-order valence-electron chi connectivity index (χ4n) is 2.82. The fraction of sp³-hybridized carbons (Fsp3) is 0.143. The van der Waals surface area contributed by atoms with Gasteiger partial charge in [0.25, 0.3) is 11.4 Å². The molecular weight excluding hydrogens is 486 g/mol. The Morgan fingerprint density at radius 3 is 1.48 bits per heavy atom. The van der Waals surface area contributed by atoms with Crippen molar-refractivity contribution in [1.82, 2.24) is 0 Å². The van der Waals surface area contributed by atoms with Gasteiger partial charge in [-0.15, -0.1) is 0 Å². The van der Waals surface area contributed by atoms with Crippen molar-refractivity contribution in [3.8, 4) is 11.1 Å². The second kappa shape index (κ2) is 6.79. The highest BCUT2D eigenvalue weighted by Crippen LogP contribution is 2.81. The molecule has 1 aliphatic heterocycles. The summed E-state index contributed by atoms with van der Waals surface area (Å²) in [4.78, 5) is 17.3. The molecule has 168 valence electrons. The maximum absolute atomic E-state index is 14.3. The molecule has 0 N–H and O–H groups in total. The van der Waals surface area contributed by atoms with Crippen LogP contribution in [0.2, 0.25) is 0 Å². The zero-order valence-electron chi connectivity index (χ0n) is 14.3. The van der Waals surface area contributed by atoms with Crippen LogP contribution < -0.4 is 0 Å². The third kappa shape index (κ3) is 3.37. The molecule has 0 saturated carbocycles. The van der Waals surface area contributed by atoms with Gasteiger partial charge >= 0.3 is 21.1 Å². The fourth-order valence-corrected chi connectivity index (χ4v) is 7.39. The lowest BCUT2D eigenvalue weighted by atomic mass is 10.1. The molecule has 9 nitrogen and oxygen atoms in total. The zero-order valence-corrected chi connectivity index (χ0v) is 15.9. The van der Waals surface area contributed by atoms with E-state index in [9.17, 15) is 55.0 Å². The Balaban J connectivity index is 2.49. The number of nitro benzene ring substituents is 2. The molecular formula is C14H6F6N2O7S2. The number of non-ortho nitro benzene ring substituents is 2. The van der Waals surface area contributed by atoms with Crippen molar-refractivity contribution in [3.05, 3.63) is 56.6 Å². The Labute approximate surface area is 169 Å². The van der Waals surface area contributed by atoms with Gasteiger partial charge in [0.05, 0.1) is 9.85 Å². The first-order chi connectivity index (χ1) is 14.0. The first-order valence-electron chi connectivity index (χ1n) is 7.52. The van der Waals surface area contributed by atoms with E-state index in [4.69, 9.17) is 0 Å². The van der Waals surface area contributed by atoms with Crippen molar-refractivity contribution in [3.63, 3.8) is 0 Å². The molecule has 31 heavy (non-hydrogen) atoms. The van der Waals surface area contributed by atoms with Gasteiger partial charge < -0.3 is 0 Å². The van der Waals surface area contributed by atoms with E-state index in [0.717, 1.165) is 24.3 Å². The minimum Gasteiger partial charge on any atom is -0.258 e. The molecule has 0 fully saturated rings. The average Bonchev–Trinajstić information content (AvgIpc) is 2.90. The average molecular weight is 492 g/mol. The molecule has 0 radical (unpaired) electrons. The van der Waals surface area contributed by atoms with Crippen LogP contribution in [0.4, 0.5) is 37.7 Å². The number of nitro groups is 2. The molecule has 0 saturated heterocycles. The summed E-state index contributed by atoms with van der Waals surface area (Å²) in [6.45, 7) is 0. The molecule has 0 aliphatic carbocycles. The number of rotatable bonds is 4. The van der Waals surface area contributed by atoms with Crippen LogP contribution in [0.5, 0.6) is 0 Å². The normalized spacial score (nSPS) is 16.3. The molecule has 1 aliphatic rings. The number of hydrogen-bond donors (Lipinski definition) is 0. The van der Waals surface area contributed by atoms with E-state index in [-0.39, 0.29) is 12.1 Å². The summed E-state index contributed by atoms with van der Waals surface area (Å²) in [5, 5.41) is 22.1. The highest BCUT2D eigenvalue weighted by atomic mass is 32.3. The summed E-state index contributed by atoms with van der Waals surface area (Å²) in [6.07, 6.45) is 0. The van der Waals surface area contributed by atoms with Gasteiger partial charge in [0.2, 0.25) is 0 Å². The maximum atomic E-state index is 14.3. The van der Waals surface area contributed by atoms with Crippen molar-refractivity contribution in [2.75, 3.05) is 0 Å². The van der Waals surface area contributed by atoms with Crippen molar-refractivity contribution >= 4 is 31.8 Å². The van der Waals surface area contributed by atoms with E-state index in [1.807, 2.05) is 0 Å². The second-order valence-corrected chi connectivity index (χ2v) is 10.2. The summed E-state index contributed by atoms with van der Waals surface area (Å²) in [7, 11) is -12.6. The number of halogens is 6. The summed E-state index contributed by atoms with van der Waals surface area (Å²) in [5.74, 6) is 0. The Hall–Kier alpha value is -2.92. The topological polar surface area (TPSA) is 130 Å². The smallest absolute Gasteiger partial charge is 0.258 e. The van der Waals surface area contributed by atoms with E-state index in [0.29, 0.717) is 0 Å². The van der Waals surface area contributed by atoms with Crippen molar-refractivity contribution in [2.45, 2.75) is 20.8 Å². The molecule has 3 rings (SSSR count). The molecule has 0 aromatic heterocycles. The van der Waals surface area contributed by atoms with Crippen LogP contribution in [-0.2, 0) is 13.7 Å². The van der Waals surface area contributed by atoms with Crippen LogP contribution in [0, 0.1) is 20.2 Å². The lowest BCUT2D eigenvalue weighted by Gasteiger charge is -2.37. The lowest BCUT2D eigenvalue weighted by molar-refractivity contribution is -0.385. The Morgan fingerprint density at radius 1 is 0.806 bits per heavy atom. The number of alkyl halides is 6. The summed E-state index contributed by atoms with van der Waals surface area (Å²) >= 11 is 0. The van der Waals surface area contributed by atoms with Gasteiger partial charge in [0, 0.05) is 44.4 Å². The minimum atomic E-state index is -6.90. The standard InChI is InChI=1S/C14H6F6N2O7S2/c15-13(16,17)30(29-31(27,28)14(18,19)20)11-5-7(21(23)24)1-3-9(11)10-4-2-8(22(25)26)6-12(10)30/h1-6H. The van der Waals surface area contributed by atoms with Gasteiger partial charge in [-0.05, 0) is 23.3 Å². The quantitative estimate of drug-likeness (QED) is 0.254. The Morgan fingerprint density at radius 2 is 1.19 bits per heavy atom. The molecule has 0 spiro atoms. The van der Waals surface area contributed by atoms with Crippen LogP contribution in [-0.4, -0.2) is 29.3 Å². The van der Waals surface area contributed by atoms with Gasteiger partial charge in [0.1, 0.15) is 0 Å². The minimum absolute atomic E-state index is 0.246. The molecule has 0 amide bonds. The van der Waals surface area contributed by atoms with Crippen molar-refractivity contribution in [1.29, 1.82) is 0 Å². The van der Waals surface area contributed by atoms with Gasteiger partial charge in [-0.2, -0.15) is 38.4 Å². The predicted molar refractivity (Wildman–Crippen MR) is 91.4 cm³/mol. The van der Waals surface area contributed by atoms with Crippen molar-refractivity contribution < 1.29 is 48.2 Å². The zero-order chi connectivity index (χ0) is 23.6. The molecule has 1 heterocycles. The number of hydrogen-bond acceptors (Lipinski definition) is 7. The molecule has 17 heteroatoms. The van der Waals surface area contributed by atoms with E-state index in [2.05, 4.69) is 3.63 Å². The van der Waals surface area contributed by atoms with Crippen LogP contribution in [0.3, 0.4) is 0 Å². The van der Waals surface area contributed by atoms with Crippen LogP contribution >= 0.6 is 10.3 Å². The third-order valence-electron chi connectivity index (χ3n) is 4.06. The highest BCUT2D eigenvalue weighted by Gasteiger charge is 2.65.